The predicted octanol–water partition coefficient (Wildman–Crippen LogP) is 1.77. The number of nitrogens with zero attached hydrogens (tertiary/aromatic N) is 4. The van der Waals surface area contributed by atoms with Crippen LogP contribution in [0.25, 0.3) is 11.3 Å². The van der Waals surface area contributed by atoms with Gasteiger partial charge in [-0.2, -0.15) is 0 Å². The first-order valence-corrected chi connectivity index (χ1v) is 6.25. The van der Waals surface area contributed by atoms with Crippen molar-refractivity contribution in [2.45, 2.75) is 6.54 Å². The standard InChI is InChI=1S/C14H12N4O3/c1-20-14(19)11-8-18(17-16-11)9-13-15-7-12(21-13)10-5-3-2-4-6-10/h2-8H,9H2,1H3. The number of hydrogen-bond acceptors (Lipinski definition) is 6. The van der Waals surface area contributed by atoms with Crippen LogP contribution in [0.5, 0.6) is 0 Å². The van der Waals surface area contributed by atoms with Gasteiger partial charge in [0.05, 0.1) is 19.5 Å². The van der Waals surface area contributed by atoms with Gasteiger partial charge in [-0.15, -0.1) is 5.10 Å². The van der Waals surface area contributed by atoms with E-state index < -0.39 is 5.97 Å². The molecule has 0 N–H and O–H groups in total. The molecule has 3 aromatic rings. The fourth-order valence-corrected chi connectivity index (χ4v) is 1.83. The summed E-state index contributed by atoms with van der Waals surface area (Å²) in [6.07, 6.45) is 3.14. The van der Waals surface area contributed by atoms with Gasteiger partial charge < -0.3 is 9.15 Å². The Bertz CT molecular complexity index is 748. The number of hydrogen-bond donors (Lipinski definition) is 0. The van der Waals surface area contributed by atoms with Crippen LogP contribution in [-0.4, -0.2) is 33.1 Å². The summed E-state index contributed by atoms with van der Waals surface area (Å²) in [4.78, 5) is 15.5. The average Bonchev–Trinajstić information content (AvgIpc) is 3.17. The highest BCUT2D eigenvalue weighted by atomic mass is 16.5. The van der Waals surface area contributed by atoms with Gasteiger partial charge in [-0.25, -0.2) is 14.5 Å². The second-order valence-electron chi connectivity index (χ2n) is 4.28. The summed E-state index contributed by atoms with van der Waals surface area (Å²) in [5, 5.41) is 7.55. The van der Waals surface area contributed by atoms with E-state index in [2.05, 4.69) is 20.0 Å². The van der Waals surface area contributed by atoms with E-state index in [1.807, 2.05) is 30.3 Å². The Morgan fingerprint density at radius 2 is 2.14 bits per heavy atom. The summed E-state index contributed by atoms with van der Waals surface area (Å²) in [6, 6.07) is 9.67. The van der Waals surface area contributed by atoms with E-state index in [0.29, 0.717) is 11.7 Å². The van der Waals surface area contributed by atoms with Crippen molar-refractivity contribution in [3.8, 4) is 11.3 Å². The van der Waals surface area contributed by atoms with Crippen molar-refractivity contribution in [3.63, 3.8) is 0 Å². The van der Waals surface area contributed by atoms with E-state index in [1.165, 1.54) is 18.0 Å². The molecule has 3 rings (SSSR count). The number of carbonyl (C=O) groups is 1. The molecule has 1 aromatic carbocycles. The lowest BCUT2D eigenvalue weighted by molar-refractivity contribution is 0.0594. The van der Waals surface area contributed by atoms with Gasteiger partial charge in [0.2, 0.25) is 5.89 Å². The van der Waals surface area contributed by atoms with Crippen LogP contribution in [0.2, 0.25) is 0 Å². The summed E-state index contributed by atoms with van der Waals surface area (Å²) < 4.78 is 11.7. The monoisotopic (exact) mass is 284 g/mol. The van der Waals surface area contributed by atoms with Crippen LogP contribution < -0.4 is 0 Å². The lowest BCUT2D eigenvalue weighted by Gasteiger charge is -1.96. The van der Waals surface area contributed by atoms with Gasteiger partial charge in [-0.1, -0.05) is 35.5 Å². The molecule has 0 fully saturated rings. The second kappa shape index (κ2) is 5.58. The number of aromatic nitrogens is 4. The normalized spacial score (nSPS) is 10.5. The van der Waals surface area contributed by atoms with E-state index in [1.54, 1.807) is 6.20 Å². The molecule has 106 valence electrons. The van der Waals surface area contributed by atoms with Gasteiger partial charge in [0.1, 0.15) is 6.54 Å². The number of rotatable bonds is 4. The smallest absolute Gasteiger partial charge is 0.360 e. The van der Waals surface area contributed by atoms with Gasteiger partial charge >= 0.3 is 5.97 Å². The molecule has 2 aromatic heterocycles. The van der Waals surface area contributed by atoms with Crippen molar-refractivity contribution in [1.82, 2.24) is 20.0 Å². The second-order valence-corrected chi connectivity index (χ2v) is 4.28. The zero-order chi connectivity index (χ0) is 14.7. The maximum atomic E-state index is 11.3. The van der Waals surface area contributed by atoms with Crippen LogP contribution >= 0.6 is 0 Å². The number of ether oxygens (including phenoxy) is 1. The van der Waals surface area contributed by atoms with Crippen molar-refractivity contribution >= 4 is 5.97 Å². The highest BCUT2D eigenvalue weighted by Gasteiger charge is 2.12. The first-order chi connectivity index (χ1) is 10.3. The maximum Gasteiger partial charge on any atom is 0.360 e. The predicted molar refractivity (Wildman–Crippen MR) is 72.4 cm³/mol. The highest BCUT2D eigenvalue weighted by Crippen LogP contribution is 2.19. The fourth-order valence-electron chi connectivity index (χ4n) is 1.83. The number of benzene rings is 1. The molecule has 21 heavy (non-hydrogen) atoms. The maximum absolute atomic E-state index is 11.3. The van der Waals surface area contributed by atoms with E-state index in [4.69, 9.17) is 4.42 Å². The van der Waals surface area contributed by atoms with E-state index >= 15 is 0 Å². The van der Waals surface area contributed by atoms with Crippen LogP contribution in [0.4, 0.5) is 0 Å². The van der Waals surface area contributed by atoms with E-state index in [-0.39, 0.29) is 12.2 Å². The Balaban J connectivity index is 1.76. The molecule has 0 spiro atoms. The van der Waals surface area contributed by atoms with Crippen LogP contribution in [0.3, 0.4) is 0 Å². The molecule has 0 atom stereocenters. The molecule has 0 saturated carbocycles. The number of carbonyl (C=O) groups excluding carboxylic acids is 1. The zero-order valence-corrected chi connectivity index (χ0v) is 11.3. The van der Waals surface area contributed by atoms with Crippen LogP contribution in [0.15, 0.2) is 47.1 Å². The molecule has 0 aliphatic heterocycles. The molecule has 0 radical (unpaired) electrons. The molecule has 0 unspecified atom stereocenters. The summed E-state index contributed by atoms with van der Waals surface area (Å²) in [6.45, 7) is 0.289. The summed E-state index contributed by atoms with van der Waals surface area (Å²) in [5.74, 6) is 0.632. The fraction of sp³-hybridized carbons (Fsp3) is 0.143. The minimum absolute atomic E-state index is 0.146. The van der Waals surface area contributed by atoms with Crippen molar-refractivity contribution in [2.75, 3.05) is 7.11 Å². The Morgan fingerprint density at radius 3 is 2.90 bits per heavy atom. The zero-order valence-electron chi connectivity index (χ0n) is 11.3. The van der Waals surface area contributed by atoms with Crippen LogP contribution in [0.1, 0.15) is 16.4 Å². The molecule has 0 aliphatic rings. The number of methoxy groups -OCH3 is 1. The third kappa shape index (κ3) is 2.81. The molecular formula is C14H12N4O3. The van der Waals surface area contributed by atoms with Gasteiger partial charge in [-0.05, 0) is 0 Å². The third-order valence-electron chi connectivity index (χ3n) is 2.84. The van der Waals surface area contributed by atoms with E-state index in [9.17, 15) is 4.79 Å². The van der Waals surface area contributed by atoms with Crippen LogP contribution in [-0.2, 0) is 11.3 Å². The van der Waals surface area contributed by atoms with Gasteiger partial charge in [0.25, 0.3) is 0 Å². The van der Waals surface area contributed by atoms with Crippen LogP contribution in [0, 0.1) is 0 Å². The highest BCUT2D eigenvalue weighted by molar-refractivity contribution is 5.86. The number of esters is 1. The minimum atomic E-state index is -0.529. The molecule has 0 amide bonds. The Morgan fingerprint density at radius 1 is 1.33 bits per heavy atom. The topological polar surface area (TPSA) is 83.0 Å². The Kier molecular flexibility index (Phi) is 3.46. The molecule has 0 bridgehead atoms. The van der Waals surface area contributed by atoms with Gasteiger partial charge in [-0.3, -0.25) is 0 Å². The molecule has 7 heteroatoms. The average molecular weight is 284 g/mol. The Hall–Kier alpha value is -2.96. The first-order valence-electron chi connectivity index (χ1n) is 6.25. The number of oxazole rings is 1. The quantitative estimate of drug-likeness (QED) is 0.679. The molecule has 2 heterocycles. The molecule has 7 nitrogen and oxygen atoms in total. The van der Waals surface area contributed by atoms with Crippen molar-refractivity contribution < 1.29 is 13.9 Å². The molecule has 0 aliphatic carbocycles. The van der Waals surface area contributed by atoms with Crippen molar-refractivity contribution in [1.29, 1.82) is 0 Å². The lowest BCUT2D eigenvalue weighted by Crippen LogP contribution is -2.02. The summed E-state index contributed by atoms with van der Waals surface area (Å²) in [5.41, 5.74) is 1.09. The van der Waals surface area contributed by atoms with E-state index in [0.717, 1.165) is 5.56 Å². The van der Waals surface area contributed by atoms with Crippen molar-refractivity contribution in [2.24, 2.45) is 0 Å². The first kappa shape index (κ1) is 13.0. The Labute approximate surface area is 120 Å². The SMILES string of the molecule is COC(=O)c1cn(Cc2ncc(-c3ccccc3)o2)nn1. The third-order valence-corrected chi connectivity index (χ3v) is 2.84. The lowest BCUT2D eigenvalue weighted by atomic mass is 10.2. The minimum Gasteiger partial charge on any atom is -0.464 e. The summed E-state index contributed by atoms with van der Waals surface area (Å²) >= 11 is 0. The van der Waals surface area contributed by atoms with Gasteiger partial charge in [0, 0.05) is 5.56 Å². The molecule has 0 saturated heterocycles. The summed E-state index contributed by atoms with van der Waals surface area (Å²) in [7, 11) is 1.29. The molecular weight excluding hydrogens is 272 g/mol. The van der Waals surface area contributed by atoms with Crippen molar-refractivity contribution in [3.05, 3.63) is 54.3 Å². The largest absolute Gasteiger partial charge is 0.464 e. The van der Waals surface area contributed by atoms with Gasteiger partial charge in [0.15, 0.2) is 11.5 Å².